The van der Waals surface area contributed by atoms with Gasteiger partial charge in [-0.2, -0.15) is 0 Å². The Morgan fingerprint density at radius 1 is 0.476 bits per heavy atom. The molecule has 0 saturated heterocycles. The van der Waals surface area contributed by atoms with Gasteiger partial charge in [-0.15, -0.1) is 0 Å². The molecule has 114 valence electrons. The fourth-order valence-corrected chi connectivity index (χ4v) is 1.20. The molecule has 0 aromatic heterocycles. The second-order valence-electron chi connectivity index (χ2n) is 3.48. The van der Waals surface area contributed by atoms with Crippen LogP contribution >= 0.6 is 0 Å². The summed E-state index contributed by atoms with van der Waals surface area (Å²) in [6, 6.07) is 6.56. The Morgan fingerprint density at radius 2 is 0.619 bits per heavy atom. The summed E-state index contributed by atoms with van der Waals surface area (Å²) in [5.41, 5.74) is 4.06. The van der Waals surface area contributed by atoms with Crippen molar-refractivity contribution >= 4 is 37.7 Å². The highest BCUT2D eigenvalue weighted by atomic mass is 16.2. The van der Waals surface area contributed by atoms with Gasteiger partial charge in [0.1, 0.15) is 0 Å². The Labute approximate surface area is 123 Å². The van der Waals surface area contributed by atoms with E-state index in [0.29, 0.717) is 0 Å². The van der Waals surface area contributed by atoms with Crippen LogP contribution in [-0.4, -0.2) is 37.7 Å². The average molecular weight is 294 g/mol. The maximum absolute atomic E-state index is 8.81. The summed E-state index contributed by atoms with van der Waals surface area (Å²) in [4.78, 5) is 52.8. The van der Waals surface area contributed by atoms with E-state index in [-0.39, 0.29) is 37.7 Å². The second kappa shape index (κ2) is 19.6. The molecule has 0 fully saturated rings. The quantitative estimate of drug-likeness (QED) is 0.602. The summed E-state index contributed by atoms with van der Waals surface area (Å²) < 4.78 is 0. The predicted octanol–water partition coefficient (Wildman–Crippen LogP) is 0.764. The molecule has 0 radical (unpaired) electrons. The Kier molecular flexibility index (Phi) is 21.8. The second-order valence-corrected chi connectivity index (χ2v) is 3.48. The number of aryl methyl sites for hydroxylation is 3. The van der Waals surface area contributed by atoms with E-state index in [1.54, 1.807) is 0 Å². The lowest BCUT2D eigenvalue weighted by atomic mass is 10.1. The van der Waals surface area contributed by atoms with Crippen LogP contribution in [0.15, 0.2) is 18.2 Å². The van der Waals surface area contributed by atoms with Crippen LogP contribution in [0.4, 0.5) is 0 Å². The summed E-state index contributed by atoms with van der Waals surface area (Å²) >= 11 is 0. The maximum Gasteiger partial charge on any atom is 0.182 e. The summed E-state index contributed by atoms with van der Waals surface area (Å²) in [5.74, 6) is 0. The van der Waals surface area contributed by atoms with Gasteiger partial charge in [-0.05, 0) is 20.8 Å². The van der Waals surface area contributed by atoms with E-state index >= 15 is 0 Å². The minimum atomic E-state index is 0.194. The highest BCUT2D eigenvalue weighted by molar-refractivity contribution is 6.09. The van der Waals surface area contributed by atoms with E-state index in [9.17, 15) is 0 Å². The maximum atomic E-state index is 8.81. The van der Waals surface area contributed by atoms with E-state index < -0.39 is 0 Å². The van der Waals surface area contributed by atoms with Crippen molar-refractivity contribution in [3.63, 3.8) is 0 Å². The molecule has 6 heteroatoms. The monoisotopic (exact) mass is 294 g/mol. The van der Waals surface area contributed by atoms with Crippen molar-refractivity contribution in [2.45, 2.75) is 20.8 Å². The van der Waals surface area contributed by atoms with Gasteiger partial charge in [0.15, 0.2) is 37.7 Å². The van der Waals surface area contributed by atoms with Gasteiger partial charge < -0.3 is 0 Å². The number of carbonyl (C=O) groups excluding carboxylic acids is 6. The Hall–Kier alpha value is -2.76. The van der Waals surface area contributed by atoms with Crippen molar-refractivity contribution in [1.82, 2.24) is 0 Å². The van der Waals surface area contributed by atoms with E-state index in [1.165, 1.54) is 16.7 Å². The first-order chi connectivity index (χ1) is 9.92. The molecule has 0 N–H and O–H groups in total. The van der Waals surface area contributed by atoms with Gasteiger partial charge in [-0.1, -0.05) is 34.9 Å². The zero-order valence-electron chi connectivity index (χ0n) is 12.1. The lowest BCUT2D eigenvalue weighted by molar-refractivity contribution is -0.122. The molecule has 0 heterocycles. The molecule has 21 heavy (non-hydrogen) atoms. The predicted molar refractivity (Wildman–Crippen MR) is 77.0 cm³/mol. The summed E-state index contributed by atoms with van der Waals surface area (Å²) in [6.45, 7) is 6.38. The van der Waals surface area contributed by atoms with Gasteiger partial charge in [0.2, 0.25) is 0 Å². The number of aldehydes is 6. The Bertz CT molecular complexity index is 354. The van der Waals surface area contributed by atoms with Crippen molar-refractivity contribution in [2.75, 3.05) is 0 Å². The molecule has 1 aromatic carbocycles. The number of carbonyl (C=O) groups is 6. The lowest BCUT2D eigenvalue weighted by Crippen LogP contribution is -1.78. The van der Waals surface area contributed by atoms with Gasteiger partial charge in [0.25, 0.3) is 0 Å². The van der Waals surface area contributed by atoms with E-state index in [0.717, 1.165) is 0 Å². The van der Waals surface area contributed by atoms with E-state index in [1.807, 2.05) is 0 Å². The number of benzene rings is 1. The van der Waals surface area contributed by atoms with Gasteiger partial charge in [0, 0.05) is 0 Å². The molecule has 0 saturated carbocycles. The summed E-state index contributed by atoms with van der Waals surface area (Å²) in [5, 5.41) is 0. The Morgan fingerprint density at radius 3 is 0.714 bits per heavy atom. The van der Waals surface area contributed by atoms with Crippen LogP contribution in [0.25, 0.3) is 0 Å². The SMILES string of the molecule is Cc1cc(C)cc(C)c1.O=CC=O.O=CC=O.O=CC=O. The van der Waals surface area contributed by atoms with E-state index in [4.69, 9.17) is 28.8 Å². The molecule has 0 unspecified atom stereocenters. The fourth-order valence-electron chi connectivity index (χ4n) is 1.20. The molecule has 0 amide bonds. The topological polar surface area (TPSA) is 102 Å². The zero-order valence-corrected chi connectivity index (χ0v) is 12.1. The molecule has 0 atom stereocenters. The molecule has 1 aromatic rings. The highest BCUT2D eigenvalue weighted by Gasteiger charge is 1.87. The first-order valence-corrected chi connectivity index (χ1v) is 5.65. The number of rotatable bonds is 3. The number of hydrogen-bond donors (Lipinski definition) is 0. The standard InChI is InChI=1S/C9H12.3C2H2O2/c1-7-4-8(2)6-9(3)5-7;3*3-1-2-4/h4-6H,1-3H3;3*1-2H. The minimum absolute atomic E-state index is 0.194. The van der Waals surface area contributed by atoms with Crippen LogP contribution in [0.5, 0.6) is 0 Å². The first-order valence-electron chi connectivity index (χ1n) is 5.65. The van der Waals surface area contributed by atoms with Gasteiger partial charge in [0.05, 0.1) is 0 Å². The molecule has 0 aliphatic rings. The normalized spacial score (nSPS) is 7.00. The molecule has 1 rings (SSSR count). The van der Waals surface area contributed by atoms with Gasteiger partial charge in [-0.3, -0.25) is 28.8 Å². The molecule has 0 aliphatic carbocycles. The molecule has 0 aliphatic heterocycles. The van der Waals surface area contributed by atoms with Crippen LogP contribution < -0.4 is 0 Å². The van der Waals surface area contributed by atoms with Crippen molar-refractivity contribution in [3.8, 4) is 0 Å². The lowest BCUT2D eigenvalue weighted by Gasteiger charge is -1.96. The highest BCUT2D eigenvalue weighted by Crippen LogP contribution is 2.06. The first kappa shape index (κ1) is 23.3. The smallest absolute Gasteiger partial charge is 0.182 e. The Balaban J connectivity index is -0.000000230. The molecular weight excluding hydrogens is 276 g/mol. The van der Waals surface area contributed by atoms with Gasteiger partial charge >= 0.3 is 0 Å². The van der Waals surface area contributed by atoms with Crippen LogP contribution in [0.2, 0.25) is 0 Å². The minimum Gasteiger partial charge on any atom is -0.295 e. The molecular formula is C15H18O6. The fraction of sp³-hybridized carbons (Fsp3) is 0.200. The van der Waals surface area contributed by atoms with Crippen LogP contribution in [-0.2, 0) is 28.8 Å². The van der Waals surface area contributed by atoms with Crippen molar-refractivity contribution in [2.24, 2.45) is 0 Å². The third-order valence-corrected chi connectivity index (χ3v) is 1.53. The van der Waals surface area contributed by atoms with Crippen molar-refractivity contribution in [3.05, 3.63) is 34.9 Å². The van der Waals surface area contributed by atoms with Crippen molar-refractivity contribution in [1.29, 1.82) is 0 Å². The third-order valence-electron chi connectivity index (χ3n) is 1.53. The molecule has 6 nitrogen and oxygen atoms in total. The van der Waals surface area contributed by atoms with Crippen molar-refractivity contribution < 1.29 is 28.8 Å². The number of hydrogen-bond acceptors (Lipinski definition) is 6. The zero-order chi connectivity index (χ0) is 17.1. The van der Waals surface area contributed by atoms with Gasteiger partial charge in [-0.25, -0.2) is 0 Å². The summed E-state index contributed by atoms with van der Waals surface area (Å²) in [6.07, 6.45) is 1.17. The van der Waals surface area contributed by atoms with Crippen LogP contribution in [0.3, 0.4) is 0 Å². The molecule has 0 spiro atoms. The summed E-state index contributed by atoms with van der Waals surface area (Å²) in [7, 11) is 0. The molecule has 0 bridgehead atoms. The third kappa shape index (κ3) is 26.7. The van der Waals surface area contributed by atoms with Crippen LogP contribution in [0.1, 0.15) is 16.7 Å². The van der Waals surface area contributed by atoms with Crippen LogP contribution in [0, 0.1) is 20.8 Å². The average Bonchev–Trinajstić information content (AvgIpc) is 2.46. The largest absolute Gasteiger partial charge is 0.295 e. The van der Waals surface area contributed by atoms with E-state index in [2.05, 4.69) is 39.0 Å².